The van der Waals surface area contributed by atoms with E-state index in [0.717, 1.165) is 0 Å². The second-order valence-electron chi connectivity index (χ2n) is 4.30. The molecule has 0 aliphatic carbocycles. The van der Waals surface area contributed by atoms with Gasteiger partial charge in [-0.1, -0.05) is 0 Å². The minimum Gasteiger partial charge on any atom is -0.497 e. The van der Waals surface area contributed by atoms with Crippen LogP contribution in [-0.4, -0.2) is 18.2 Å². The molecule has 6 heteroatoms. The number of benzene rings is 2. The standard InChI is InChI=1S/C15H14FNO4/c1-20-10-3-2-9(13(16)7-10)8-21-11-4-5-14(17)12(6-11)15(18)19/h2-7H,8,17H2,1H3,(H,18,19). The van der Waals surface area contributed by atoms with Crippen molar-refractivity contribution in [1.82, 2.24) is 0 Å². The van der Waals surface area contributed by atoms with Gasteiger partial charge in [0.15, 0.2) is 0 Å². The van der Waals surface area contributed by atoms with Gasteiger partial charge in [0.2, 0.25) is 0 Å². The van der Waals surface area contributed by atoms with E-state index < -0.39 is 11.8 Å². The van der Waals surface area contributed by atoms with Crippen LogP contribution in [0.2, 0.25) is 0 Å². The molecule has 0 aliphatic rings. The first-order chi connectivity index (χ1) is 10.0. The fourth-order valence-corrected chi connectivity index (χ4v) is 1.74. The summed E-state index contributed by atoms with van der Waals surface area (Å²) < 4.78 is 24.0. The molecule has 0 spiro atoms. The van der Waals surface area contributed by atoms with E-state index in [1.807, 2.05) is 0 Å². The number of hydrogen-bond donors (Lipinski definition) is 2. The summed E-state index contributed by atoms with van der Waals surface area (Å²) in [5.41, 5.74) is 5.97. The number of nitrogen functional groups attached to an aromatic ring is 1. The summed E-state index contributed by atoms with van der Waals surface area (Å²) in [7, 11) is 1.45. The largest absolute Gasteiger partial charge is 0.497 e. The highest BCUT2D eigenvalue weighted by Gasteiger charge is 2.10. The van der Waals surface area contributed by atoms with Crippen molar-refractivity contribution in [2.24, 2.45) is 0 Å². The van der Waals surface area contributed by atoms with Gasteiger partial charge in [-0.05, 0) is 30.3 Å². The molecule has 3 N–H and O–H groups in total. The smallest absolute Gasteiger partial charge is 0.337 e. The summed E-state index contributed by atoms with van der Waals surface area (Å²) in [6, 6.07) is 8.69. The maximum absolute atomic E-state index is 13.7. The minimum atomic E-state index is -1.14. The van der Waals surface area contributed by atoms with Gasteiger partial charge < -0.3 is 20.3 Å². The van der Waals surface area contributed by atoms with E-state index in [4.69, 9.17) is 20.3 Å². The fraction of sp³-hybridized carbons (Fsp3) is 0.133. The molecule has 0 heterocycles. The number of carboxylic acids is 1. The van der Waals surface area contributed by atoms with Gasteiger partial charge in [-0.3, -0.25) is 0 Å². The Morgan fingerprint density at radius 3 is 2.57 bits per heavy atom. The maximum Gasteiger partial charge on any atom is 0.337 e. The van der Waals surface area contributed by atoms with Crippen molar-refractivity contribution < 1.29 is 23.8 Å². The zero-order valence-electron chi connectivity index (χ0n) is 11.3. The molecular weight excluding hydrogens is 277 g/mol. The molecule has 2 aromatic carbocycles. The molecule has 0 aliphatic heterocycles. The van der Waals surface area contributed by atoms with Crippen LogP contribution < -0.4 is 15.2 Å². The van der Waals surface area contributed by atoms with Crippen molar-refractivity contribution in [1.29, 1.82) is 0 Å². The molecule has 0 saturated heterocycles. The molecule has 0 unspecified atom stereocenters. The highest BCUT2D eigenvalue weighted by Crippen LogP contribution is 2.22. The van der Waals surface area contributed by atoms with Crippen LogP contribution in [0.15, 0.2) is 36.4 Å². The second-order valence-corrected chi connectivity index (χ2v) is 4.30. The Morgan fingerprint density at radius 1 is 1.24 bits per heavy atom. The Balaban J connectivity index is 2.13. The molecule has 2 aromatic rings. The summed E-state index contributed by atoms with van der Waals surface area (Å²) in [5.74, 6) is -0.884. The van der Waals surface area contributed by atoms with Crippen molar-refractivity contribution >= 4 is 11.7 Å². The van der Waals surface area contributed by atoms with Crippen LogP contribution in [0.5, 0.6) is 11.5 Å². The first kappa shape index (κ1) is 14.6. The third kappa shape index (κ3) is 3.42. The number of methoxy groups -OCH3 is 1. The van der Waals surface area contributed by atoms with E-state index in [2.05, 4.69) is 0 Å². The quantitative estimate of drug-likeness (QED) is 0.828. The van der Waals surface area contributed by atoms with Crippen molar-refractivity contribution in [3.05, 3.63) is 53.3 Å². The lowest BCUT2D eigenvalue weighted by atomic mass is 10.1. The van der Waals surface area contributed by atoms with Crippen LogP contribution in [-0.2, 0) is 6.61 Å². The third-order valence-corrected chi connectivity index (χ3v) is 2.91. The summed E-state index contributed by atoms with van der Waals surface area (Å²) >= 11 is 0. The van der Waals surface area contributed by atoms with E-state index in [1.165, 1.54) is 31.4 Å². The van der Waals surface area contributed by atoms with Gasteiger partial charge in [-0.2, -0.15) is 0 Å². The van der Waals surface area contributed by atoms with Gasteiger partial charge in [0.25, 0.3) is 0 Å². The predicted octanol–water partition coefficient (Wildman–Crippen LogP) is 2.69. The number of carbonyl (C=O) groups is 1. The molecule has 21 heavy (non-hydrogen) atoms. The predicted molar refractivity (Wildman–Crippen MR) is 75.1 cm³/mol. The monoisotopic (exact) mass is 291 g/mol. The molecule has 5 nitrogen and oxygen atoms in total. The summed E-state index contributed by atoms with van der Waals surface area (Å²) in [6.45, 7) is -0.0290. The molecule has 0 amide bonds. The highest BCUT2D eigenvalue weighted by atomic mass is 19.1. The summed E-state index contributed by atoms with van der Waals surface area (Å²) in [4.78, 5) is 11.0. The number of halogens is 1. The first-order valence-corrected chi connectivity index (χ1v) is 6.09. The lowest BCUT2D eigenvalue weighted by Crippen LogP contribution is -2.04. The Morgan fingerprint density at radius 2 is 1.95 bits per heavy atom. The van der Waals surface area contributed by atoms with Crippen molar-refractivity contribution in [3.8, 4) is 11.5 Å². The lowest BCUT2D eigenvalue weighted by Gasteiger charge is -2.10. The van der Waals surface area contributed by atoms with Gasteiger partial charge in [0.05, 0.1) is 12.7 Å². The van der Waals surface area contributed by atoms with Crippen LogP contribution in [0, 0.1) is 5.82 Å². The highest BCUT2D eigenvalue weighted by molar-refractivity contribution is 5.94. The number of nitrogens with two attached hydrogens (primary N) is 1. The van der Waals surface area contributed by atoms with Gasteiger partial charge in [-0.15, -0.1) is 0 Å². The van der Waals surface area contributed by atoms with Crippen molar-refractivity contribution in [2.75, 3.05) is 12.8 Å². The van der Waals surface area contributed by atoms with Crippen LogP contribution in [0.25, 0.3) is 0 Å². The molecule has 2 rings (SSSR count). The van der Waals surface area contributed by atoms with Crippen LogP contribution in [0.3, 0.4) is 0 Å². The maximum atomic E-state index is 13.7. The Kier molecular flexibility index (Phi) is 4.27. The number of hydrogen-bond acceptors (Lipinski definition) is 4. The number of carboxylic acid groups (broad SMARTS) is 1. The molecule has 0 fully saturated rings. The molecular formula is C15H14FNO4. The second kappa shape index (κ2) is 6.13. The van der Waals surface area contributed by atoms with E-state index >= 15 is 0 Å². The number of aromatic carboxylic acids is 1. The van der Waals surface area contributed by atoms with Gasteiger partial charge in [-0.25, -0.2) is 9.18 Å². The summed E-state index contributed by atoms with van der Waals surface area (Å²) in [6.07, 6.45) is 0. The third-order valence-electron chi connectivity index (χ3n) is 2.91. The zero-order valence-corrected chi connectivity index (χ0v) is 11.3. The average Bonchev–Trinajstić information content (AvgIpc) is 2.47. The Hall–Kier alpha value is -2.76. The normalized spacial score (nSPS) is 10.2. The van der Waals surface area contributed by atoms with E-state index in [0.29, 0.717) is 17.1 Å². The number of rotatable bonds is 5. The Bertz CT molecular complexity index is 673. The van der Waals surface area contributed by atoms with Crippen LogP contribution in [0.1, 0.15) is 15.9 Å². The molecule has 0 saturated carbocycles. The van der Waals surface area contributed by atoms with Crippen LogP contribution >= 0.6 is 0 Å². The van der Waals surface area contributed by atoms with Crippen LogP contribution in [0.4, 0.5) is 10.1 Å². The van der Waals surface area contributed by atoms with Crippen molar-refractivity contribution in [2.45, 2.75) is 6.61 Å². The molecule has 0 bridgehead atoms. The first-order valence-electron chi connectivity index (χ1n) is 6.09. The van der Waals surface area contributed by atoms with Gasteiger partial charge in [0.1, 0.15) is 23.9 Å². The summed E-state index contributed by atoms with van der Waals surface area (Å²) in [5, 5.41) is 8.97. The Labute approximate surface area is 120 Å². The van der Waals surface area contributed by atoms with Gasteiger partial charge >= 0.3 is 5.97 Å². The number of anilines is 1. The lowest BCUT2D eigenvalue weighted by molar-refractivity contribution is 0.0697. The van der Waals surface area contributed by atoms with Gasteiger partial charge in [0, 0.05) is 17.3 Å². The average molecular weight is 291 g/mol. The van der Waals surface area contributed by atoms with E-state index in [-0.39, 0.29) is 17.9 Å². The SMILES string of the molecule is COc1ccc(COc2ccc(N)c(C(=O)O)c2)c(F)c1. The zero-order chi connectivity index (χ0) is 15.4. The molecule has 110 valence electrons. The number of ether oxygens (including phenoxy) is 2. The fourth-order valence-electron chi connectivity index (χ4n) is 1.74. The minimum absolute atomic E-state index is 0.0290. The topological polar surface area (TPSA) is 81.8 Å². The molecule has 0 atom stereocenters. The molecule has 0 aromatic heterocycles. The van der Waals surface area contributed by atoms with E-state index in [9.17, 15) is 9.18 Å². The molecule has 0 radical (unpaired) electrons. The van der Waals surface area contributed by atoms with E-state index in [1.54, 1.807) is 12.1 Å². The van der Waals surface area contributed by atoms with Crippen molar-refractivity contribution in [3.63, 3.8) is 0 Å².